The average molecular weight is 462 g/mol. The summed E-state index contributed by atoms with van der Waals surface area (Å²) >= 11 is 0. The fourth-order valence-corrected chi connectivity index (χ4v) is 4.48. The van der Waals surface area contributed by atoms with Crippen LogP contribution in [0.5, 0.6) is 11.6 Å². The van der Waals surface area contributed by atoms with Gasteiger partial charge in [0.15, 0.2) is 11.3 Å². The molecule has 0 saturated carbocycles. The number of aromatic amines is 1. The molecule has 0 radical (unpaired) electrons. The number of aryl methyl sites for hydroxylation is 3. The number of hydrogen-bond donors (Lipinski definition) is 1. The minimum atomic E-state index is -0.0447. The first kappa shape index (κ1) is 24.1. The van der Waals surface area contributed by atoms with Gasteiger partial charge in [-0.15, -0.1) is 0 Å². The molecule has 1 aliphatic rings. The molecule has 34 heavy (non-hydrogen) atoms. The standard InChI is InChI=1S/C29H35NO4/c1-3-6-21-8-10-22(11-9-21)12-17-26-29(23-13-15-24(32-2)16-14-23)27(31)19-28(30-26)34-20-25-7-4-5-18-33-25/h8-11,13-16,19,25H,3-7,12,17-18,20H2,1-2H3,(H,30,31). The van der Waals surface area contributed by atoms with Crippen LogP contribution in [0.4, 0.5) is 0 Å². The molecular formula is C29H35NO4. The molecular weight excluding hydrogens is 426 g/mol. The van der Waals surface area contributed by atoms with Gasteiger partial charge < -0.3 is 19.2 Å². The molecule has 3 aromatic rings. The minimum Gasteiger partial charge on any atom is -0.497 e. The van der Waals surface area contributed by atoms with Gasteiger partial charge in [-0.3, -0.25) is 4.79 Å². The lowest BCUT2D eigenvalue weighted by Gasteiger charge is -2.22. The molecule has 0 spiro atoms. The van der Waals surface area contributed by atoms with Gasteiger partial charge >= 0.3 is 0 Å². The number of rotatable bonds is 10. The van der Waals surface area contributed by atoms with Crippen molar-refractivity contribution in [1.82, 2.24) is 4.98 Å². The van der Waals surface area contributed by atoms with E-state index >= 15 is 0 Å². The summed E-state index contributed by atoms with van der Waals surface area (Å²) < 4.78 is 17.1. The number of H-pyrrole nitrogens is 1. The monoisotopic (exact) mass is 461 g/mol. The fourth-order valence-electron chi connectivity index (χ4n) is 4.48. The second-order valence-electron chi connectivity index (χ2n) is 8.95. The largest absolute Gasteiger partial charge is 0.497 e. The van der Waals surface area contributed by atoms with Crippen molar-refractivity contribution in [3.63, 3.8) is 0 Å². The summed E-state index contributed by atoms with van der Waals surface area (Å²) in [5, 5.41) is 0. The maximum atomic E-state index is 13.2. The van der Waals surface area contributed by atoms with Crippen LogP contribution in [0.1, 0.15) is 49.4 Å². The van der Waals surface area contributed by atoms with Crippen molar-refractivity contribution in [1.29, 1.82) is 0 Å². The highest BCUT2D eigenvalue weighted by atomic mass is 16.5. The van der Waals surface area contributed by atoms with Crippen LogP contribution < -0.4 is 14.9 Å². The van der Waals surface area contributed by atoms with Crippen molar-refractivity contribution in [2.24, 2.45) is 0 Å². The average Bonchev–Trinajstić information content (AvgIpc) is 2.88. The molecule has 5 heteroatoms. The number of aromatic nitrogens is 1. The maximum absolute atomic E-state index is 13.2. The van der Waals surface area contributed by atoms with Crippen molar-refractivity contribution in [2.75, 3.05) is 20.3 Å². The summed E-state index contributed by atoms with van der Waals surface area (Å²) in [5.41, 5.74) is 5.01. The summed E-state index contributed by atoms with van der Waals surface area (Å²) in [6, 6.07) is 18.0. The zero-order valence-electron chi connectivity index (χ0n) is 20.3. The van der Waals surface area contributed by atoms with E-state index < -0.39 is 0 Å². The molecule has 1 fully saturated rings. The Morgan fingerprint density at radius 2 is 1.71 bits per heavy atom. The second-order valence-corrected chi connectivity index (χ2v) is 8.95. The summed E-state index contributed by atoms with van der Waals surface area (Å²) in [5.74, 6) is 1.27. The molecule has 1 aliphatic heterocycles. The highest BCUT2D eigenvalue weighted by molar-refractivity contribution is 5.67. The summed E-state index contributed by atoms with van der Waals surface area (Å²) in [4.78, 5) is 16.6. The summed E-state index contributed by atoms with van der Waals surface area (Å²) in [6.45, 7) is 3.43. The number of pyridine rings is 1. The molecule has 1 saturated heterocycles. The van der Waals surface area contributed by atoms with Gasteiger partial charge in [0.1, 0.15) is 12.4 Å². The van der Waals surface area contributed by atoms with E-state index in [9.17, 15) is 4.79 Å². The highest BCUT2D eigenvalue weighted by Gasteiger charge is 2.17. The second kappa shape index (κ2) is 11.9. The smallest absolute Gasteiger partial charge is 0.194 e. The fraction of sp³-hybridized carbons (Fsp3) is 0.414. The van der Waals surface area contributed by atoms with Crippen molar-refractivity contribution >= 4 is 0 Å². The molecule has 5 nitrogen and oxygen atoms in total. The van der Waals surface area contributed by atoms with Gasteiger partial charge in [-0.2, -0.15) is 0 Å². The quantitative estimate of drug-likeness (QED) is 0.418. The molecule has 0 amide bonds. The Morgan fingerprint density at radius 1 is 0.971 bits per heavy atom. The Morgan fingerprint density at radius 3 is 2.35 bits per heavy atom. The lowest BCUT2D eigenvalue weighted by molar-refractivity contribution is -0.0119. The van der Waals surface area contributed by atoms with Gasteiger partial charge in [0.25, 0.3) is 0 Å². The zero-order chi connectivity index (χ0) is 23.8. The van der Waals surface area contributed by atoms with Crippen LogP contribution in [0.3, 0.4) is 0 Å². The van der Waals surface area contributed by atoms with Gasteiger partial charge in [-0.25, -0.2) is 0 Å². The molecule has 4 rings (SSSR count). The maximum Gasteiger partial charge on any atom is 0.194 e. The molecule has 0 bridgehead atoms. The van der Waals surface area contributed by atoms with Crippen LogP contribution in [-0.2, 0) is 24.0 Å². The van der Waals surface area contributed by atoms with Gasteiger partial charge in [-0.05, 0) is 67.3 Å². The van der Waals surface area contributed by atoms with Crippen LogP contribution in [0, 0.1) is 0 Å². The van der Waals surface area contributed by atoms with Gasteiger partial charge in [-0.1, -0.05) is 49.7 Å². The van der Waals surface area contributed by atoms with Crippen molar-refractivity contribution in [3.05, 3.63) is 81.6 Å². The SMILES string of the molecule is CCCc1ccc(CCc2[nH]c(OCC3CCCCO3)cc(=O)c2-c2ccc(OC)cc2)cc1. The van der Waals surface area contributed by atoms with E-state index in [0.29, 0.717) is 24.5 Å². The van der Waals surface area contributed by atoms with E-state index in [1.165, 1.54) is 11.1 Å². The Bertz CT molecular complexity index is 1100. The van der Waals surface area contributed by atoms with Gasteiger partial charge in [0.05, 0.1) is 13.2 Å². The first-order chi connectivity index (χ1) is 16.7. The van der Waals surface area contributed by atoms with Crippen molar-refractivity contribution < 1.29 is 14.2 Å². The van der Waals surface area contributed by atoms with E-state index in [-0.39, 0.29) is 11.5 Å². The molecule has 1 atom stereocenters. The molecule has 2 heterocycles. The van der Waals surface area contributed by atoms with Crippen LogP contribution in [0.25, 0.3) is 11.1 Å². The Kier molecular flexibility index (Phi) is 8.42. The zero-order valence-corrected chi connectivity index (χ0v) is 20.3. The Hall–Kier alpha value is -3.05. The van der Waals surface area contributed by atoms with Crippen molar-refractivity contribution in [3.8, 4) is 22.8 Å². The number of methoxy groups -OCH3 is 1. The number of benzene rings is 2. The Labute approximate surface area is 202 Å². The minimum absolute atomic E-state index is 0.0447. The first-order valence-electron chi connectivity index (χ1n) is 12.4. The molecule has 1 aromatic heterocycles. The summed E-state index contributed by atoms with van der Waals surface area (Å²) in [7, 11) is 1.64. The molecule has 1 N–H and O–H groups in total. The third-order valence-corrected chi connectivity index (χ3v) is 6.39. The normalized spacial score (nSPS) is 15.8. The third kappa shape index (κ3) is 6.29. The molecule has 180 valence electrons. The number of ether oxygens (including phenoxy) is 3. The highest BCUT2D eigenvalue weighted by Crippen LogP contribution is 2.25. The van der Waals surface area contributed by atoms with Crippen molar-refractivity contribution in [2.45, 2.75) is 58.0 Å². The van der Waals surface area contributed by atoms with E-state index in [2.05, 4.69) is 36.2 Å². The first-order valence-corrected chi connectivity index (χ1v) is 12.4. The number of hydrogen-bond acceptors (Lipinski definition) is 4. The predicted octanol–water partition coefficient (Wildman–Crippen LogP) is 5.74. The predicted molar refractivity (Wildman–Crippen MR) is 136 cm³/mol. The van der Waals surface area contributed by atoms with E-state index in [1.54, 1.807) is 13.2 Å². The lowest BCUT2D eigenvalue weighted by Crippen LogP contribution is -2.26. The van der Waals surface area contributed by atoms with Gasteiger partial charge in [0, 0.05) is 23.9 Å². The molecule has 2 aromatic carbocycles. The lowest BCUT2D eigenvalue weighted by atomic mass is 9.98. The van der Waals surface area contributed by atoms with Crippen LogP contribution >= 0.6 is 0 Å². The third-order valence-electron chi connectivity index (χ3n) is 6.39. The topological polar surface area (TPSA) is 60.5 Å². The van der Waals surface area contributed by atoms with Crippen LogP contribution in [0.2, 0.25) is 0 Å². The summed E-state index contributed by atoms with van der Waals surface area (Å²) in [6.07, 6.45) is 7.13. The number of nitrogens with one attached hydrogen (secondary N) is 1. The van der Waals surface area contributed by atoms with E-state index in [4.69, 9.17) is 14.2 Å². The molecule has 0 aliphatic carbocycles. The van der Waals surface area contributed by atoms with E-state index in [0.717, 1.165) is 62.1 Å². The Balaban J connectivity index is 1.57. The van der Waals surface area contributed by atoms with Crippen LogP contribution in [0.15, 0.2) is 59.4 Å². The van der Waals surface area contributed by atoms with Gasteiger partial charge in [0.2, 0.25) is 0 Å². The van der Waals surface area contributed by atoms with E-state index in [1.807, 2.05) is 24.3 Å². The molecule has 1 unspecified atom stereocenters. The van der Waals surface area contributed by atoms with Crippen LogP contribution in [-0.4, -0.2) is 31.4 Å².